The zero-order valence-electron chi connectivity index (χ0n) is 8.95. The molecule has 1 aromatic rings. The van der Waals surface area contributed by atoms with E-state index >= 15 is 0 Å². The Morgan fingerprint density at radius 1 is 1.53 bits per heavy atom. The van der Waals surface area contributed by atoms with E-state index in [2.05, 4.69) is 5.32 Å². The molecule has 4 nitrogen and oxygen atoms in total. The maximum absolute atomic E-state index is 11.9. The molecular weight excluding hydrogens is 190 g/mol. The average Bonchev–Trinajstić information content (AvgIpc) is 2.21. The largest absolute Gasteiger partial charge is 0.399 e. The summed E-state index contributed by atoms with van der Waals surface area (Å²) in [5.74, 6) is 0.0931. The van der Waals surface area contributed by atoms with E-state index in [0.29, 0.717) is 12.2 Å². The third-order valence-electron chi connectivity index (χ3n) is 2.64. The fraction of sp³-hybridized carbons (Fsp3) is 0.364. The normalized spacial score (nSPS) is 19.7. The molecule has 0 aliphatic carbocycles. The van der Waals surface area contributed by atoms with Gasteiger partial charge in [-0.2, -0.15) is 0 Å². The van der Waals surface area contributed by atoms with Gasteiger partial charge in [-0.3, -0.25) is 4.79 Å². The van der Waals surface area contributed by atoms with Gasteiger partial charge < -0.3 is 16.0 Å². The standard InChI is InChI=1S/C11H15N3O/c1-3-14-10-6-8(12)4-5-9(10)13-7(2)11(14)15/h4-7,13H,3,12H2,1-2H3. The number of fused-ring (bicyclic) bond motifs is 1. The summed E-state index contributed by atoms with van der Waals surface area (Å²) >= 11 is 0. The summed E-state index contributed by atoms with van der Waals surface area (Å²) in [4.78, 5) is 13.6. The van der Waals surface area contributed by atoms with Gasteiger partial charge in [-0.05, 0) is 32.0 Å². The summed E-state index contributed by atoms with van der Waals surface area (Å²) in [5.41, 5.74) is 8.24. The Morgan fingerprint density at radius 3 is 2.93 bits per heavy atom. The zero-order chi connectivity index (χ0) is 11.0. The molecule has 1 aliphatic heterocycles. The van der Waals surface area contributed by atoms with Crippen LogP contribution in [0.2, 0.25) is 0 Å². The van der Waals surface area contributed by atoms with Gasteiger partial charge in [0, 0.05) is 12.2 Å². The monoisotopic (exact) mass is 205 g/mol. The van der Waals surface area contributed by atoms with Gasteiger partial charge in [-0.1, -0.05) is 0 Å². The first kappa shape index (κ1) is 9.83. The van der Waals surface area contributed by atoms with Crippen molar-refractivity contribution in [3.05, 3.63) is 18.2 Å². The molecule has 0 aromatic heterocycles. The molecular formula is C11H15N3O. The molecule has 4 heteroatoms. The third-order valence-corrected chi connectivity index (χ3v) is 2.64. The molecule has 1 unspecified atom stereocenters. The lowest BCUT2D eigenvalue weighted by Crippen LogP contribution is -2.45. The van der Waals surface area contributed by atoms with Crippen molar-refractivity contribution in [1.82, 2.24) is 0 Å². The van der Waals surface area contributed by atoms with E-state index < -0.39 is 0 Å². The summed E-state index contributed by atoms with van der Waals surface area (Å²) in [6, 6.07) is 5.41. The van der Waals surface area contributed by atoms with Crippen molar-refractivity contribution in [3.8, 4) is 0 Å². The Morgan fingerprint density at radius 2 is 2.27 bits per heavy atom. The van der Waals surface area contributed by atoms with Crippen molar-refractivity contribution in [1.29, 1.82) is 0 Å². The van der Waals surface area contributed by atoms with Gasteiger partial charge in [-0.15, -0.1) is 0 Å². The van der Waals surface area contributed by atoms with Crippen molar-refractivity contribution in [2.45, 2.75) is 19.9 Å². The molecule has 1 aromatic carbocycles. The number of nitrogens with zero attached hydrogens (tertiary/aromatic N) is 1. The number of hydrogen-bond donors (Lipinski definition) is 2. The number of nitrogens with one attached hydrogen (secondary N) is 1. The molecule has 0 spiro atoms. The SMILES string of the molecule is CCN1C(=O)C(C)Nc2ccc(N)cc21. The predicted molar refractivity (Wildman–Crippen MR) is 62.0 cm³/mol. The maximum atomic E-state index is 11.9. The molecule has 0 fully saturated rings. The summed E-state index contributed by atoms with van der Waals surface area (Å²) in [6.45, 7) is 4.49. The van der Waals surface area contributed by atoms with E-state index in [4.69, 9.17) is 5.73 Å². The number of benzene rings is 1. The molecule has 3 N–H and O–H groups in total. The van der Waals surface area contributed by atoms with Crippen LogP contribution in [0.4, 0.5) is 17.1 Å². The van der Waals surface area contributed by atoms with E-state index in [1.165, 1.54) is 0 Å². The molecule has 1 aliphatic rings. The lowest BCUT2D eigenvalue weighted by atomic mass is 10.1. The first-order chi connectivity index (χ1) is 7.13. The zero-order valence-corrected chi connectivity index (χ0v) is 8.95. The van der Waals surface area contributed by atoms with Crippen LogP contribution < -0.4 is 16.0 Å². The summed E-state index contributed by atoms with van der Waals surface area (Å²) in [6.07, 6.45) is 0. The fourth-order valence-electron chi connectivity index (χ4n) is 1.87. The van der Waals surface area contributed by atoms with Crippen LogP contribution in [0.3, 0.4) is 0 Å². The van der Waals surface area contributed by atoms with Crippen LogP contribution in [-0.2, 0) is 4.79 Å². The highest BCUT2D eigenvalue weighted by Crippen LogP contribution is 2.32. The molecule has 0 saturated carbocycles. The number of nitrogen functional groups attached to an aromatic ring is 1. The number of anilines is 3. The highest BCUT2D eigenvalue weighted by atomic mass is 16.2. The summed E-state index contributed by atoms with van der Waals surface area (Å²) in [7, 11) is 0. The second-order valence-corrected chi connectivity index (χ2v) is 3.73. The van der Waals surface area contributed by atoms with E-state index in [1.807, 2.05) is 32.0 Å². The molecule has 2 rings (SSSR count). The van der Waals surface area contributed by atoms with Gasteiger partial charge in [0.2, 0.25) is 5.91 Å². The van der Waals surface area contributed by atoms with Crippen molar-refractivity contribution in [2.75, 3.05) is 22.5 Å². The minimum Gasteiger partial charge on any atom is -0.399 e. The number of nitrogens with two attached hydrogens (primary N) is 1. The minimum absolute atomic E-state index is 0.0931. The number of carbonyl (C=O) groups is 1. The van der Waals surface area contributed by atoms with Crippen LogP contribution in [0, 0.1) is 0 Å². The second-order valence-electron chi connectivity index (χ2n) is 3.73. The van der Waals surface area contributed by atoms with Gasteiger partial charge in [0.15, 0.2) is 0 Å². The van der Waals surface area contributed by atoms with Gasteiger partial charge >= 0.3 is 0 Å². The number of rotatable bonds is 1. The lowest BCUT2D eigenvalue weighted by molar-refractivity contribution is -0.119. The number of amides is 1. The van der Waals surface area contributed by atoms with Crippen molar-refractivity contribution in [3.63, 3.8) is 0 Å². The first-order valence-corrected chi connectivity index (χ1v) is 5.11. The van der Waals surface area contributed by atoms with Crippen LogP contribution in [0.15, 0.2) is 18.2 Å². The molecule has 1 amide bonds. The highest BCUT2D eigenvalue weighted by molar-refractivity contribution is 6.05. The Balaban J connectivity index is 2.51. The van der Waals surface area contributed by atoms with E-state index in [1.54, 1.807) is 4.90 Å². The summed E-state index contributed by atoms with van der Waals surface area (Å²) < 4.78 is 0. The average molecular weight is 205 g/mol. The molecule has 0 radical (unpaired) electrons. The Labute approximate surface area is 89.1 Å². The number of hydrogen-bond acceptors (Lipinski definition) is 3. The highest BCUT2D eigenvalue weighted by Gasteiger charge is 2.28. The Kier molecular flexibility index (Phi) is 2.26. The van der Waals surface area contributed by atoms with Crippen LogP contribution >= 0.6 is 0 Å². The van der Waals surface area contributed by atoms with Crippen LogP contribution in [0.5, 0.6) is 0 Å². The Hall–Kier alpha value is -1.71. The minimum atomic E-state index is -0.166. The quantitative estimate of drug-likeness (QED) is 0.682. The molecule has 15 heavy (non-hydrogen) atoms. The first-order valence-electron chi connectivity index (χ1n) is 5.11. The van der Waals surface area contributed by atoms with Crippen LogP contribution in [0.1, 0.15) is 13.8 Å². The third kappa shape index (κ3) is 1.52. The van der Waals surface area contributed by atoms with Crippen LogP contribution in [0.25, 0.3) is 0 Å². The van der Waals surface area contributed by atoms with E-state index in [0.717, 1.165) is 11.4 Å². The molecule has 1 heterocycles. The van der Waals surface area contributed by atoms with Gasteiger partial charge in [0.05, 0.1) is 11.4 Å². The topological polar surface area (TPSA) is 58.4 Å². The molecule has 80 valence electrons. The predicted octanol–water partition coefficient (Wildman–Crippen LogP) is 1.44. The van der Waals surface area contributed by atoms with Gasteiger partial charge in [0.25, 0.3) is 0 Å². The Bertz CT molecular complexity index is 403. The van der Waals surface area contributed by atoms with Crippen molar-refractivity contribution >= 4 is 23.0 Å². The van der Waals surface area contributed by atoms with Crippen molar-refractivity contribution < 1.29 is 4.79 Å². The fourth-order valence-corrected chi connectivity index (χ4v) is 1.87. The van der Waals surface area contributed by atoms with Gasteiger partial charge in [-0.25, -0.2) is 0 Å². The smallest absolute Gasteiger partial charge is 0.249 e. The maximum Gasteiger partial charge on any atom is 0.249 e. The lowest BCUT2D eigenvalue weighted by Gasteiger charge is -2.33. The van der Waals surface area contributed by atoms with Gasteiger partial charge in [0.1, 0.15) is 6.04 Å². The molecule has 0 saturated heterocycles. The van der Waals surface area contributed by atoms with E-state index in [9.17, 15) is 4.79 Å². The summed E-state index contributed by atoms with van der Waals surface area (Å²) in [5, 5.41) is 3.15. The van der Waals surface area contributed by atoms with Crippen molar-refractivity contribution in [2.24, 2.45) is 0 Å². The molecule has 1 atom stereocenters. The number of carbonyl (C=O) groups excluding carboxylic acids is 1. The van der Waals surface area contributed by atoms with E-state index in [-0.39, 0.29) is 11.9 Å². The number of likely N-dealkylation sites (N-methyl/N-ethyl adjacent to an activating group) is 1. The molecule has 0 bridgehead atoms. The van der Waals surface area contributed by atoms with Crippen LogP contribution in [-0.4, -0.2) is 18.5 Å². The second kappa shape index (κ2) is 3.46.